The van der Waals surface area contributed by atoms with E-state index in [1.807, 2.05) is 0 Å². The molecule has 3 nitrogen and oxygen atoms in total. The van der Waals surface area contributed by atoms with E-state index in [1.54, 1.807) is 0 Å². The molecule has 1 saturated heterocycles. The molecule has 0 radical (unpaired) electrons. The first-order valence-corrected chi connectivity index (χ1v) is 5.25. The first kappa shape index (κ1) is 10.5. The van der Waals surface area contributed by atoms with Crippen molar-refractivity contribution in [2.45, 2.75) is 39.2 Å². The van der Waals surface area contributed by atoms with E-state index in [2.05, 4.69) is 24.5 Å². The first-order valence-electron chi connectivity index (χ1n) is 5.25. The van der Waals surface area contributed by atoms with Gasteiger partial charge in [0.05, 0.1) is 6.04 Å². The summed E-state index contributed by atoms with van der Waals surface area (Å²) in [5, 5.41) is 6.16. The van der Waals surface area contributed by atoms with Gasteiger partial charge in [-0.25, -0.2) is 0 Å². The number of nitrogens with one attached hydrogen (secondary N) is 2. The van der Waals surface area contributed by atoms with Gasteiger partial charge in [-0.05, 0) is 25.3 Å². The van der Waals surface area contributed by atoms with E-state index in [1.165, 1.54) is 0 Å². The number of carbonyl (C=O) groups excluding carboxylic acids is 1. The molecular formula is C10H20N2O. The van der Waals surface area contributed by atoms with Gasteiger partial charge in [-0.1, -0.05) is 20.3 Å². The predicted octanol–water partition coefficient (Wildman–Crippen LogP) is 0.901. The highest BCUT2D eigenvalue weighted by atomic mass is 16.2. The summed E-state index contributed by atoms with van der Waals surface area (Å²) in [6.45, 7) is 6.10. The van der Waals surface area contributed by atoms with Crippen LogP contribution in [0.3, 0.4) is 0 Å². The Hall–Kier alpha value is -0.570. The Kier molecular flexibility index (Phi) is 4.22. The zero-order chi connectivity index (χ0) is 9.68. The van der Waals surface area contributed by atoms with Gasteiger partial charge in [-0.15, -0.1) is 0 Å². The molecule has 2 N–H and O–H groups in total. The third-order valence-corrected chi connectivity index (χ3v) is 2.70. The molecule has 1 rings (SSSR count). The molecule has 76 valence electrons. The molecule has 0 bridgehead atoms. The largest absolute Gasteiger partial charge is 0.354 e. The highest BCUT2D eigenvalue weighted by Crippen LogP contribution is 2.05. The van der Waals surface area contributed by atoms with E-state index < -0.39 is 0 Å². The van der Waals surface area contributed by atoms with Crippen LogP contribution in [0.4, 0.5) is 0 Å². The molecule has 13 heavy (non-hydrogen) atoms. The molecule has 0 unspecified atom stereocenters. The molecule has 0 aliphatic carbocycles. The van der Waals surface area contributed by atoms with Crippen molar-refractivity contribution in [3.63, 3.8) is 0 Å². The molecule has 0 aromatic carbocycles. The molecule has 0 spiro atoms. The highest BCUT2D eigenvalue weighted by molar-refractivity contribution is 5.81. The van der Waals surface area contributed by atoms with Crippen molar-refractivity contribution in [3.05, 3.63) is 0 Å². The highest BCUT2D eigenvalue weighted by Gasteiger charge is 2.21. The van der Waals surface area contributed by atoms with Gasteiger partial charge in [-0.2, -0.15) is 0 Å². The van der Waals surface area contributed by atoms with Crippen LogP contribution < -0.4 is 10.6 Å². The Morgan fingerprint density at radius 2 is 2.46 bits per heavy atom. The maximum Gasteiger partial charge on any atom is 0.237 e. The molecular weight excluding hydrogens is 164 g/mol. The van der Waals surface area contributed by atoms with Crippen LogP contribution in [0, 0.1) is 5.92 Å². The van der Waals surface area contributed by atoms with Gasteiger partial charge >= 0.3 is 0 Å². The summed E-state index contributed by atoms with van der Waals surface area (Å²) in [5.74, 6) is 0.767. The van der Waals surface area contributed by atoms with E-state index in [0.717, 1.165) is 32.4 Å². The van der Waals surface area contributed by atoms with Crippen LogP contribution in [0.25, 0.3) is 0 Å². The fraction of sp³-hybridized carbons (Fsp3) is 0.900. The number of carbonyl (C=O) groups is 1. The van der Waals surface area contributed by atoms with Gasteiger partial charge < -0.3 is 10.6 Å². The molecule has 1 aliphatic rings. The Morgan fingerprint density at radius 1 is 1.69 bits per heavy atom. The lowest BCUT2D eigenvalue weighted by Crippen LogP contribution is -2.41. The molecule has 3 heteroatoms. The van der Waals surface area contributed by atoms with Crippen molar-refractivity contribution < 1.29 is 4.79 Å². The standard InChI is InChI=1S/C10H20N2O/c1-3-8(2)7-12-10(13)9-5-4-6-11-9/h8-9,11H,3-7H2,1-2H3,(H,12,13)/t8-,9-/m0/s1. The van der Waals surface area contributed by atoms with Gasteiger partial charge in [0.2, 0.25) is 5.91 Å². The summed E-state index contributed by atoms with van der Waals surface area (Å²) < 4.78 is 0. The van der Waals surface area contributed by atoms with Crippen LogP contribution in [0.5, 0.6) is 0 Å². The van der Waals surface area contributed by atoms with Crippen LogP contribution in [-0.4, -0.2) is 25.0 Å². The Balaban J connectivity index is 2.16. The van der Waals surface area contributed by atoms with Crippen LogP contribution in [0.15, 0.2) is 0 Å². The van der Waals surface area contributed by atoms with Gasteiger partial charge in [0.25, 0.3) is 0 Å². The Labute approximate surface area is 80.3 Å². The van der Waals surface area contributed by atoms with E-state index >= 15 is 0 Å². The minimum absolute atomic E-state index is 0.0732. The minimum Gasteiger partial charge on any atom is -0.354 e. The minimum atomic E-state index is 0.0732. The van der Waals surface area contributed by atoms with E-state index in [4.69, 9.17) is 0 Å². The summed E-state index contributed by atoms with van der Waals surface area (Å²) in [4.78, 5) is 11.5. The second-order valence-electron chi connectivity index (χ2n) is 3.91. The molecule has 1 amide bonds. The summed E-state index contributed by atoms with van der Waals surface area (Å²) in [5.41, 5.74) is 0. The second-order valence-corrected chi connectivity index (χ2v) is 3.91. The quantitative estimate of drug-likeness (QED) is 0.681. The fourth-order valence-electron chi connectivity index (χ4n) is 1.45. The molecule has 2 atom stereocenters. The van der Waals surface area contributed by atoms with Crippen LogP contribution in [0.1, 0.15) is 33.1 Å². The van der Waals surface area contributed by atoms with Crippen molar-refractivity contribution in [3.8, 4) is 0 Å². The molecule has 0 aromatic heterocycles. The van der Waals surface area contributed by atoms with E-state index in [-0.39, 0.29) is 11.9 Å². The molecule has 1 heterocycles. The summed E-state index contributed by atoms with van der Waals surface area (Å²) in [7, 11) is 0. The molecule has 1 fully saturated rings. The van der Waals surface area contributed by atoms with Gasteiger partial charge in [-0.3, -0.25) is 4.79 Å². The van der Waals surface area contributed by atoms with Crippen LogP contribution in [0.2, 0.25) is 0 Å². The van der Waals surface area contributed by atoms with E-state index in [0.29, 0.717) is 5.92 Å². The number of hydrogen-bond acceptors (Lipinski definition) is 2. The molecule has 0 aromatic rings. The maximum atomic E-state index is 11.5. The van der Waals surface area contributed by atoms with Crippen molar-refractivity contribution in [2.24, 2.45) is 5.92 Å². The normalized spacial score (nSPS) is 24.3. The van der Waals surface area contributed by atoms with Crippen LogP contribution >= 0.6 is 0 Å². The first-order chi connectivity index (χ1) is 6.24. The second kappa shape index (κ2) is 5.22. The number of amides is 1. The van der Waals surface area contributed by atoms with Gasteiger partial charge in [0, 0.05) is 6.54 Å². The summed E-state index contributed by atoms with van der Waals surface area (Å²) in [6.07, 6.45) is 3.24. The lowest BCUT2D eigenvalue weighted by atomic mass is 10.1. The van der Waals surface area contributed by atoms with Crippen LogP contribution in [-0.2, 0) is 4.79 Å². The molecule has 1 aliphatic heterocycles. The molecule has 0 saturated carbocycles. The maximum absolute atomic E-state index is 11.5. The average Bonchev–Trinajstić information content (AvgIpc) is 2.66. The third kappa shape index (κ3) is 3.35. The number of hydrogen-bond donors (Lipinski definition) is 2. The average molecular weight is 184 g/mol. The van der Waals surface area contributed by atoms with Gasteiger partial charge in [0.1, 0.15) is 0 Å². The Bertz CT molecular complexity index is 164. The van der Waals surface area contributed by atoms with Gasteiger partial charge in [0.15, 0.2) is 0 Å². The van der Waals surface area contributed by atoms with Crippen molar-refractivity contribution in [1.29, 1.82) is 0 Å². The fourth-order valence-corrected chi connectivity index (χ4v) is 1.45. The van der Waals surface area contributed by atoms with Crippen molar-refractivity contribution >= 4 is 5.91 Å². The zero-order valence-electron chi connectivity index (χ0n) is 8.60. The summed E-state index contributed by atoms with van der Waals surface area (Å²) >= 11 is 0. The Morgan fingerprint density at radius 3 is 3.00 bits per heavy atom. The smallest absolute Gasteiger partial charge is 0.237 e. The summed E-state index contributed by atoms with van der Waals surface area (Å²) in [6, 6.07) is 0.0732. The van der Waals surface area contributed by atoms with Crippen molar-refractivity contribution in [2.75, 3.05) is 13.1 Å². The zero-order valence-corrected chi connectivity index (χ0v) is 8.60. The predicted molar refractivity (Wildman–Crippen MR) is 53.5 cm³/mol. The SMILES string of the molecule is CC[C@H](C)CNC(=O)[C@@H]1CCCN1. The third-order valence-electron chi connectivity index (χ3n) is 2.70. The lowest BCUT2D eigenvalue weighted by molar-refractivity contribution is -0.122. The topological polar surface area (TPSA) is 41.1 Å². The number of rotatable bonds is 4. The lowest BCUT2D eigenvalue weighted by Gasteiger charge is -2.13. The monoisotopic (exact) mass is 184 g/mol. The van der Waals surface area contributed by atoms with Crippen molar-refractivity contribution in [1.82, 2.24) is 10.6 Å². The van der Waals surface area contributed by atoms with E-state index in [9.17, 15) is 4.79 Å².